The van der Waals surface area contributed by atoms with Crippen molar-refractivity contribution in [3.63, 3.8) is 0 Å². The molecule has 3 rings (SSSR count). The van der Waals surface area contributed by atoms with Crippen LogP contribution >= 0.6 is 0 Å². The topological polar surface area (TPSA) is 155 Å². The number of hydrazone groups is 1. The van der Waals surface area contributed by atoms with Crippen LogP contribution in [0.15, 0.2) is 59.7 Å². The second-order valence-electron chi connectivity index (χ2n) is 7.69. The molecule has 0 aliphatic heterocycles. The summed E-state index contributed by atoms with van der Waals surface area (Å²) < 4.78 is 16.8. The number of non-ortho nitro benzene ring substituents is 1. The highest BCUT2D eigenvalue weighted by molar-refractivity contribution is 5.83. The molecule has 0 saturated heterocycles. The van der Waals surface area contributed by atoms with E-state index in [1.54, 1.807) is 25.1 Å². The van der Waals surface area contributed by atoms with E-state index in [0.29, 0.717) is 11.3 Å². The molecule has 0 heterocycles. The molecule has 3 aromatic carbocycles. The zero-order valence-electron chi connectivity index (χ0n) is 20.3. The Hall–Kier alpha value is -5.00. The van der Waals surface area contributed by atoms with Gasteiger partial charge in [0.15, 0.2) is 18.1 Å². The number of aryl methyl sites for hydroxylation is 1. The quantitative estimate of drug-likeness (QED) is 0.219. The monoisotopic (exact) mass is 508 g/mol. The van der Waals surface area contributed by atoms with E-state index in [9.17, 15) is 25.0 Å². The minimum atomic E-state index is -0.767. The molecular formula is C25H24N4O8. The van der Waals surface area contributed by atoms with Crippen LogP contribution < -0.4 is 19.6 Å². The molecule has 0 unspecified atom stereocenters. The number of amides is 1. The van der Waals surface area contributed by atoms with Crippen molar-refractivity contribution in [2.45, 2.75) is 20.8 Å². The molecular weight excluding hydrogens is 484 g/mol. The molecule has 0 saturated carbocycles. The lowest BCUT2D eigenvalue weighted by Gasteiger charge is -2.12. The van der Waals surface area contributed by atoms with Crippen LogP contribution in [0.4, 0.5) is 11.4 Å². The molecule has 1 amide bonds. The number of nitro benzene ring substituents is 2. The summed E-state index contributed by atoms with van der Waals surface area (Å²) in [6.45, 7) is 5.66. The van der Waals surface area contributed by atoms with Crippen molar-refractivity contribution in [3.8, 4) is 23.0 Å². The summed E-state index contributed by atoms with van der Waals surface area (Å²) in [5.41, 5.74) is 3.93. The predicted molar refractivity (Wildman–Crippen MR) is 135 cm³/mol. The Morgan fingerprint density at radius 2 is 1.70 bits per heavy atom. The molecule has 0 spiro atoms. The summed E-state index contributed by atoms with van der Waals surface area (Å²) in [4.78, 5) is 32.9. The Labute approximate surface area is 211 Å². The molecule has 0 bridgehead atoms. The zero-order valence-corrected chi connectivity index (χ0v) is 20.3. The van der Waals surface area contributed by atoms with E-state index in [4.69, 9.17) is 14.2 Å². The van der Waals surface area contributed by atoms with Crippen molar-refractivity contribution in [2.75, 3.05) is 13.2 Å². The summed E-state index contributed by atoms with van der Waals surface area (Å²) in [6, 6.07) is 13.3. The van der Waals surface area contributed by atoms with Gasteiger partial charge in [-0.3, -0.25) is 25.0 Å². The van der Waals surface area contributed by atoms with Crippen molar-refractivity contribution in [1.82, 2.24) is 5.43 Å². The van der Waals surface area contributed by atoms with Crippen LogP contribution in [0.1, 0.15) is 23.6 Å². The van der Waals surface area contributed by atoms with Crippen LogP contribution in [0.2, 0.25) is 0 Å². The van der Waals surface area contributed by atoms with E-state index in [1.165, 1.54) is 12.3 Å². The summed E-state index contributed by atoms with van der Waals surface area (Å²) in [6.07, 6.45) is 1.39. The number of carbonyl (C=O) groups excluding carboxylic acids is 1. The van der Waals surface area contributed by atoms with Crippen molar-refractivity contribution < 1.29 is 28.9 Å². The number of nitrogens with zero attached hydrogens (tertiary/aromatic N) is 3. The molecule has 12 nitrogen and oxygen atoms in total. The smallest absolute Gasteiger partial charge is 0.318 e. The highest BCUT2D eigenvalue weighted by atomic mass is 16.6. The maximum atomic E-state index is 12.1. The van der Waals surface area contributed by atoms with Gasteiger partial charge in [0.05, 0.1) is 28.7 Å². The number of benzene rings is 3. The van der Waals surface area contributed by atoms with Crippen molar-refractivity contribution in [3.05, 3.63) is 91.5 Å². The van der Waals surface area contributed by atoms with E-state index in [0.717, 1.165) is 29.3 Å². The number of ether oxygens (including phenoxy) is 3. The predicted octanol–water partition coefficient (Wildman–Crippen LogP) is 4.84. The first kappa shape index (κ1) is 26.6. The molecule has 3 aromatic rings. The second kappa shape index (κ2) is 12.1. The van der Waals surface area contributed by atoms with Gasteiger partial charge >= 0.3 is 5.69 Å². The minimum absolute atomic E-state index is 0.155. The van der Waals surface area contributed by atoms with Crippen LogP contribution in [0.25, 0.3) is 0 Å². The molecule has 1 N–H and O–H groups in total. The van der Waals surface area contributed by atoms with Gasteiger partial charge in [-0.1, -0.05) is 12.1 Å². The van der Waals surface area contributed by atoms with E-state index in [2.05, 4.69) is 10.5 Å². The fourth-order valence-electron chi connectivity index (χ4n) is 3.16. The van der Waals surface area contributed by atoms with Crippen molar-refractivity contribution >= 4 is 23.5 Å². The zero-order chi connectivity index (χ0) is 26.9. The second-order valence-corrected chi connectivity index (χ2v) is 7.69. The van der Waals surface area contributed by atoms with Gasteiger partial charge in [-0.05, 0) is 67.8 Å². The molecule has 0 aliphatic rings. The molecule has 0 aliphatic carbocycles. The van der Waals surface area contributed by atoms with Gasteiger partial charge in [-0.15, -0.1) is 0 Å². The number of hydrogen-bond donors (Lipinski definition) is 1. The lowest BCUT2D eigenvalue weighted by atomic mass is 10.1. The molecule has 0 atom stereocenters. The Balaban J connectivity index is 1.69. The van der Waals surface area contributed by atoms with Crippen molar-refractivity contribution in [1.29, 1.82) is 0 Å². The number of carbonyl (C=O) groups is 1. The molecule has 0 aromatic heterocycles. The van der Waals surface area contributed by atoms with Gasteiger partial charge in [0.25, 0.3) is 11.6 Å². The fourth-order valence-corrected chi connectivity index (χ4v) is 3.16. The van der Waals surface area contributed by atoms with Gasteiger partial charge in [0.1, 0.15) is 5.75 Å². The molecule has 37 heavy (non-hydrogen) atoms. The average molecular weight is 508 g/mol. The summed E-state index contributed by atoms with van der Waals surface area (Å²) in [5, 5.41) is 26.3. The third-order valence-corrected chi connectivity index (χ3v) is 5.15. The third-order valence-electron chi connectivity index (χ3n) is 5.15. The summed E-state index contributed by atoms with van der Waals surface area (Å²) >= 11 is 0. The van der Waals surface area contributed by atoms with E-state index in [-0.39, 0.29) is 30.5 Å². The van der Waals surface area contributed by atoms with Crippen LogP contribution in [0, 0.1) is 34.1 Å². The van der Waals surface area contributed by atoms with Gasteiger partial charge in [0.2, 0.25) is 5.75 Å². The highest BCUT2D eigenvalue weighted by Crippen LogP contribution is 2.38. The maximum absolute atomic E-state index is 12.1. The SMILES string of the molecule is CCOc1cc(/C=N\NC(=O)COc2cccc(C)c2C)ccc1Oc1ccc([N+](=O)[O-])cc1[N+](=O)[O-]. The number of rotatable bonds is 11. The molecule has 0 fully saturated rings. The molecule has 192 valence electrons. The Morgan fingerprint density at radius 1 is 0.946 bits per heavy atom. The Morgan fingerprint density at radius 3 is 2.41 bits per heavy atom. The van der Waals surface area contributed by atoms with Crippen LogP contribution in [0.3, 0.4) is 0 Å². The third kappa shape index (κ3) is 7.01. The van der Waals surface area contributed by atoms with Gasteiger partial charge in [-0.25, -0.2) is 5.43 Å². The first-order chi connectivity index (χ1) is 17.7. The van der Waals surface area contributed by atoms with Crippen LogP contribution in [-0.2, 0) is 4.79 Å². The normalized spacial score (nSPS) is 10.7. The first-order valence-corrected chi connectivity index (χ1v) is 11.1. The largest absolute Gasteiger partial charge is 0.490 e. The van der Waals surface area contributed by atoms with Gasteiger partial charge < -0.3 is 14.2 Å². The maximum Gasteiger partial charge on any atom is 0.318 e. The van der Waals surface area contributed by atoms with Crippen LogP contribution in [0.5, 0.6) is 23.0 Å². The van der Waals surface area contributed by atoms with E-state index < -0.39 is 27.1 Å². The lowest BCUT2D eigenvalue weighted by Crippen LogP contribution is -2.24. The van der Waals surface area contributed by atoms with Gasteiger partial charge in [0, 0.05) is 6.07 Å². The molecule has 0 radical (unpaired) electrons. The Bertz CT molecular complexity index is 1360. The lowest BCUT2D eigenvalue weighted by molar-refractivity contribution is -0.394. The van der Waals surface area contributed by atoms with E-state index >= 15 is 0 Å². The van der Waals surface area contributed by atoms with Crippen molar-refractivity contribution in [2.24, 2.45) is 5.10 Å². The number of nitrogens with one attached hydrogen (secondary N) is 1. The fraction of sp³-hybridized carbons (Fsp3) is 0.200. The first-order valence-electron chi connectivity index (χ1n) is 11.1. The highest BCUT2D eigenvalue weighted by Gasteiger charge is 2.22. The Kier molecular flexibility index (Phi) is 8.71. The summed E-state index contributed by atoms with van der Waals surface area (Å²) in [7, 11) is 0. The number of nitro groups is 2. The summed E-state index contributed by atoms with van der Waals surface area (Å²) in [5.74, 6) is 0.386. The van der Waals surface area contributed by atoms with Gasteiger partial charge in [-0.2, -0.15) is 5.10 Å². The standard InChI is InChI=1S/C25H24N4O8/c1-4-35-24-12-18(14-26-27-25(30)15-36-21-7-5-6-16(2)17(21)3)8-10-23(24)37-22-11-9-19(28(31)32)13-20(22)29(33)34/h5-14H,4,15H2,1-3H3,(H,27,30)/b26-14-. The van der Waals surface area contributed by atoms with Crippen LogP contribution in [-0.4, -0.2) is 35.2 Å². The number of hydrogen-bond acceptors (Lipinski definition) is 9. The van der Waals surface area contributed by atoms with E-state index in [1.807, 2.05) is 26.0 Å². The molecule has 12 heteroatoms. The minimum Gasteiger partial charge on any atom is -0.490 e. The average Bonchev–Trinajstić information content (AvgIpc) is 2.86.